The highest BCUT2D eigenvalue weighted by Gasteiger charge is 2.38. The monoisotopic (exact) mass is 362 g/mol. The number of rotatable bonds is 1. The first-order valence-corrected chi connectivity index (χ1v) is 9.39. The average Bonchev–Trinajstić information content (AvgIpc) is 3.04. The summed E-state index contributed by atoms with van der Waals surface area (Å²) < 4.78 is 0. The number of hydrogen-bond acceptors (Lipinski definition) is 3. The molecule has 0 N–H and O–H groups in total. The van der Waals surface area contributed by atoms with E-state index >= 15 is 0 Å². The molecule has 0 radical (unpaired) electrons. The zero-order valence-corrected chi connectivity index (χ0v) is 15.2. The van der Waals surface area contributed by atoms with Crippen molar-refractivity contribution in [3.63, 3.8) is 0 Å². The third kappa shape index (κ3) is 2.23. The summed E-state index contributed by atoms with van der Waals surface area (Å²) in [5.74, 6) is 0. The van der Waals surface area contributed by atoms with E-state index in [1.807, 2.05) is 18.8 Å². The number of aliphatic imine (C=N–C) groups is 1. The van der Waals surface area contributed by atoms with Gasteiger partial charge in [-0.1, -0.05) is 72.4 Å². The number of likely N-dealkylation sites (N-methyl/N-ethyl adjacent to an activating group) is 1. The summed E-state index contributed by atoms with van der Waals surface area (Å²) >= 11 is 8.34. The maximum Gasteiger partial charge on any atom is 0.199 e. The Balaban J connectivity index is 1.79. The largest absolute Gasteiger partial charge is 0.338 e. The Bertz CT molecular complexity index is 1060. The van der Waals surface area contributed by atoms with E-state index in [-0.39, 0.29) is 6.04 Å². The number of thioether (sulfide) groups is 1. The summed E-state index contributed by atoms with van der Waals surface area (Å²) in [5.41, 5.74) is 3.44. The molecule has 3 aromatic carbocycles. The fraction of sp³-hybridized carbons (Fsp3) is 0.0952. The number of hydrogen-bond donors (Lipinski definition) is 0. The minimum atomic E-state index is 0.139. The van der Waals surface area contributed by atoms with Crippen molar-refractivity contribution in [1.29, 1.82) is 0 Å². The van der Waals surface area contributed by atoms with E-state index < -0.39 is 0 Å². The van der Waals surface area contributed by atoms with Crippen LogP contribution in [0.1, 0.15) is 17.2 Å². The van der Waals surface area contributed by atoms with Gasteiger partial charge in [0.05, 0.1) is 11.7 Å². The molecule has 122 valence electrons. The molecule has 3 aromatic rings. The Kier molecular flexibility index (Phi) is 3.40. The second kappa shape index (κ2) is 5.65. The van der Waals surface area contributed by atoms with E-state index in [4.69, 9.17) is 16.6 Å². The summed E-state index contributed by atoms with van der Waals surface area (Å²) in [6, 6.07) is 23.5. The van der Waals surface area contributed by atoms with E-state index in [9.17, 15) is 0 Å². The summed E-state index contributed by atoms with van der Waals surface area (Å²) in [5, 5.41) is 2.96. The van der Waals surface area contributed by atoms with Gasteiger partial charge in [0.25, 0.3) is 0 Å². The first-order chi connectivity index (χ1) is 12.2. The number of nitrogens with zero attached hydrogens (tertiary/aromatic N) is 2. The Morgan fingerprint density at radius 3 is 2.64 bits per heavy atom. The quantitative estimate of drug-likeness (QED) is 0.501. The van der Waals surface area contributed by atoms with Gasteiger partial charge in [0.15, 0.2) is 5.29 Å². The molecule has 1 unspecified atom stereocenters. The van der Waals surface area contributed by atoms with Gasteiger partial charge in [-0.3, -0.25) is 0 Å². The average molecular weight is 363 g/mol. The topological polar surface area (TPSA) is 15.6 Å². The Hall–Kier alpha value is -2.23. The van der Waals surface area contributed by atoms with Crippen LogP contribution in [0.4, 0.5) is 0 Å². The highest BCUT2D eigenvalue weighted by atomic mass is 35.5. The standard InChI is InChI=1S/C21H15ClN2S/c1-24-19-16-10-4-5-12-17(16)25-20(19)18(23-21(24)22)15-11-6-8-13-7-2-3-9-14(13)15/h2-12,19H,1H3. The molecular weight excluding hydrogens is 348 g/mol. The van der Waals surface area contributed by atoms with Crippen molar-refractivity contribution < 1.29 is 0 Å². The van der Waals surface area contributed by atoms with Crippen molar-refractivity contribution in [2.75, 3.05) is 7.05 Å². The SMILES string of the molecule is CN1C(Cl)=NC(c2cccc3ccccc23)=C2Sc3ccccc3C21. The molecule has 2 aliphatic heterocycles. The van der Waals surface area contributed by atoms with Gasteiger partial charge in [-0.05, 0) is 34.0 Å². The van der Waals surface area contributed by atoms with Gasteiger partial charge in [0.1, 0.15) is 0 Å². The molecule has 4 heteroatoms. The summed E-state index contributed by atoms with van der Waals surface area (Å²) in [4.78, 5) is 9.38. The minimum absolute atomic E-state index is 0.139. The van der Waals surface area contributed by atoms with Gasteiger partial charge in [-0.2, -0.15) is 0 Å². The molecule has 5 rings (SSSR count). The zero-order chi connectivity index (χ0) is 17.0. The Labute approximate surface area is 155 Å². The van der Waals surface area contributed by atoms with Crippen LogP contribution in [0.25, 0.3) is 16.5 Å². The second-order valence-corrected chi connectivity index (χ2v) is 7.70. The molecule has 0 saturated carbocycles. The molecule has 25 heavy (non-hydrogen) atoms. The van der Waals surface area contributed by atoms with Crippen molar-refractivity contribution in [3.05, 3.63) is 82.8 Å². The van der Waals surface area contributed by atoms with Crippen LogP contribution in [0.3, 0.4) is 0 Å². The van der Waals surface area contributed by atoms with Crippen molar-refractivity contribution in [2.45, 2.75) is 10.9 Å². The highest BCUT2D eigenvalue weighted by Crippen LogP contribution is 2.55. The molecule has 0 aromatic heterocycles. The number of fused-ring (bicyclic) bond motifs is 4. The molecular formula is C21H15ClN2S. The van der Waals surface area contributed by atoms with Gasteiger partial charge >= 0.3 is 0 Å². The van der Waals surface area contributed by atoms with Crippen LogP contribution in [0.15, 0.2) is 81.5 Å². The summed E-state index contributed by atoms with van der Waals surface area (Å²) in [6.07, 6.45) is 0. The third-order valence-electron chi connectivity index (χ3n) is 4.84. The first kappa shape index (κ1) is 15.1. The van der Waals surface area contributed by atoms with Gasteiger partial charge in [-0.15, -0.1) is 0 Å². The lowest BCUT2D eigenvalue weighted by molar-refractivity contribution is 0.437. The molecule has 0 amide bonds. The van der Waals surface area contributed by atoms with Crippen molar-refractivity contribution in [1.82, 2.24) is 4.90 Å². The molecule has 0 bridgehead atoms. The highest BCUT2D eigenvalue weighted by molar-refractivity contribution is 8.03. The van der Waals surface area contributed by atoms with Crippen LogP contribution in [-0.4, -0.2) is 17.2 Å². The van der Waals surface area contributed by atoms with E-state index in [2.05, 4.69) is 71.6 Å². The number of amidine groups is 1. The molecule has 0 saturated heterocycles. The fourth-order valence-corrected chi connectivity index (χ4v) is 5.15. The van der Waals surface area contributed by atoms with Crippen LogP contribution in [0.5, 0.6) is 0 Å². The number of halogens is 1. The first-order valence-electron chi connectivity index (χ1n) is 8.20. The predicted molar refractivity (Wildman–Crippen MR) is 107 cm³/mol. The summed E-state index contributed by atoms with van der Waals surface area (Å²) in [7, 11) is 2.01. The van der Waals surface area contributed by atoms with Crippen molar-refractivity contribution >= 4 is 45.1 Å². The van der Waals surface area contributed by atoms with E-state index in [0.29, 0.717) is 5.29 Å². The molecule has 2 aliphatic rings. The third-order valence-corrected chi connectivity index (χ3v) is 6.42. The van der Waals surface area contributed by atoms with Crippen LogP contribution >= 0.6 is 23.4 Å². The maximum atomic E-state index is 6.53. The molecule has 0 fully saturated rings. The predicted octanol–water partition coefficient (Wildman–Crippen LogP) is 5.90. The molecule has 0 aliphatic carbocycles. The molecule has 0 spiro atoms. The van der Waals surface area contributed by atoms with Crippen LogP contribution < -0.4 is 0 Å². The summed E-state index contributed by atoms with van der Waals surface area (Å²) in [6.45, 7) is 0. The lowest BCUT2D eigenvalue weighted by Crippen LogP contribution is -2.30. The normalized spacial score (nSPS) is 19.0. The zero-order valence-electron chi connectivity index (χ0n) is 13.6. The lowest BCUT2D eigenvalue weighted by atomic mass is 9.98. The Morgan fingerprint density at radius 2 is 1.72 bits per heavy atom. The smallest absolute Gasteiger partial charge is 0.199 e. The van der Waals surface area contributed by atoms with Gasteiger partial charge < -0.3 is 4.90 Å². The van der Waals surface area contributed by atoms with Crippen LogP contribution in [-0.2, 0) is 0 Å². The van der Waals surface area contributed by atoms with Crippen molar-refractivity contribution in [2.24, 2.45) is 4.99 Å². The molecule has 2 heterocycles. The Morgan fingerprint density at radius 1 is 0.960 bits per heavy atom. The van der Waals surface area contributed by atoms with E-state index in [1.54, 1.807) is 0 Å². The lowest BCUT2D eigenvalue weighted by Gasteiger charge is -2.31. The van der Waals surface area contributed by atoms with E-state index in [0.717, 1.165) is 11.3 Å². The van der Waals surface area contributed by atoms with Crippen molar-refractivity contribution in [3.8, 4) is 0 Å². The van der Waals surface area contributed by atoms with Gasteiger partial charge in [0.2, 0.25) is 0 Å². The van der Waals surface area contributed by atoms with Crippen LogP contribution in [0.2, 0.25) is 0 Å². The minimum Gasteiger partial charge on any atom is -0.338 e. The van der Waals surface area contributed by atoms with Crippen LogP contribution in [0, 0.1) is 0 Å². The van der Waals surface area contributed by atoms with Gasteiger partial charge in [0, 0.05) is 22.4 Å². The van der Waals surface area contributed by atoms with E-state index in [1.165, 1.54) is 26.1 Å². The molecule has 2 nitrogen and oxygen atoms in total. The number of benzene rings is 3. The molecule has 1 atom stereocenters. The van der Waals surface area contributed by atoms with Gasteiger partial charge in [-0.25, -0.2) is 4.99 Å². The maximum absolute atomic E-state index is 6.53. The fourth-order valence-electron chi connectivity index (χ4n) is 3.63. The second-order valence-electron chi connectivity index (χ2n) is 6.27.